The lowest BCUT2D eigenvalue weighted by atomic mass is 10.2. The monoisotopic (exact) mass is 432 g/mol. The van der Waals surface area contributed by atoms with E-state index in [2.05, 4.69) is 20.9 Å². The van der Waals surface area contributed by atoms with Crippen LogP contribution in [-0.2, 0) is 4.79 Å². The Balaban J connectivity index is 1.88. The zero-order valence-electron chi connectivity index (χ0n) is 15.2. The molecule has 4 nitrogen and oxygen atoms in total. The van der Waals surface area contributed by atoms with Crippen LogP contribution < -0.4 is 0 Å². The predicted molar refractivity (Wildman–Crippen MR) is 112 cm³/mol. The summed E-state index contributed by atoms with van der Waals surface area (Å²) in [5.41, 5.74) is 0.995. The third-order valence-electron chi connectivity index (χ3n) is 3.75. The van der Waals surface area contributed by atoms with Gasteiger partial charge < -0.3 is 4.42 Å². The van der Waals surface area contributed by atoms with Gasteiger partial charge in [0.05, 0.1) is 4.91 Å². The summed E-state index contributed by atoms with van der Waals surface area (Å²) in [6.07, 6.45) is 1.80. The van der Waals surface area contributed by atoms with Gasteiger partial charge in [-0.15, -0.1) is 0 Å². The van der Waals surface area contributed by atoms with E-state index < -0.39 is 0 Å². The summed E-state index contributed by atoms with van der Waals surface area (Å²) in [5.74, 6) is 1.41. The number of carbonyl (C=O) groups excluding carboxylic acids is 1. The van der Waals surface area contributed by atoms with Gasteiger partial charge >= 0.3 is 0 Å². The Morgan fingerprint density at radius 2 is 1.81 bits per heavy atom. The fourth-order valence-corrected chi connectivity index (χ4v) is 4.06. The number of carbonyl (C=O) groups is 1. The highest BCUT2D eigenvalue weighted by atomic mass is 79.9. The number of aliphatic imine (C=N–C) groups is 1. The Hall–Kier alpha value is -1.79. The van der Waals surface area contributed by atoms with Crippen molar-refractivity contribution in [3.05, 3.63) is 51.5 Å². The van der Waals surface area contributed by atoms with Crippen LogP contribution in [0.3, 0.4) is 0 Å². The number of hydrogen-bond acceptors (Lipinski definition) is 4. The highest BCUT2D eigenvalue weighted by Gasteiger charge is 2.35. The van der Waals surface area contributed by atoms with Crippen molar-refractivity contribution < 1.29 is 9.21 Å². The van der Waals surface area contributed by atoms with E-state index in [1.807, 2.05) is 64.1 Å². The average Bonchev–Trinajstić information content (AvgIpc) is 3.13. The first kappa shape index (κ1) is 19.0. The van der Waals surface area contributed by atoms with E-state index in [1.54, 1.807) is 11.0 Å². The molecule has 1 amide bonds. The Kier molecular flexibility index (Phi) is 5.73. The number of amidine groups is 1. The van der Waals surface area contributed by atoms with E-state index in [9.17, 15) is 4.79 Å². The van der Waals surface area contributed by atoms with Gasteiger partial charge in [-0.2, -0.15) is 0 Å². The maximum Gasteiger partial charge on any atom is 0.267 e. The average molecular weight is 433 g/mol. The van der Waals surface area contributed by atoms with Crippen molar-refractivity contribution in [2.45, 2.75) is 39.8 Å². The summed E-state index contributed by atoms with van der Waals surface area (Å²) >= 11 is 4.84. The van der Waals surface area contributed by atoms with Gasteiger partial charge in [-0.25, -0.2) is 0 Å². The molecule has 1 aliphatic rings. The van der Waals surface area contributed by atoms with Gasteiger partial charge in [-0.1, -0.05) is 28.1 Å². The molecule has 0 saturated carbocycles. The first-order valence-electron chi connectivity index (χ1n) is 8.52. The molecule has 6 heteroatoms. The molecule has 2 heterocycles. The molecule has 1 aromatic carbocycles. The fraction of sp³-hybridized carbons (Fsp3) is 0.300. The van der Waals surface area contributed by atoms with E-state index >= 15 is 0 Å². The van der Waals surface area contributed by atoms with Crippen LogP contribution in [0.4, 0.5) is 0 Å². The molecule has 26 heavy (non-hydrogen) atoms. The van der Waals surface area contributed by atoms with Crippen molar-refractivity contribution in [2.24, 2.45) is 4.99 Å². The van der Waals surface area contributed by atoms with Gasteiger partial charge in [0.15, 0.2) is 5.17 Å². The van der Waals surface area contributed by atoms with Crippen LogP contribution in [0.1, 0.15) is 33.5 Å². The van der Waals surface area contributed by atoms with Gasteiger partial charge in [0, 0.05) is 28.2 Å². The third kappa shape index (κ3) is 4.13. The van der Waals surface area contributed by atoms with E-state index in [0.717, 1.165) is 21.0 Å². The fourth-order valence-electron chi connectivity index (χ4n) is 2.58. The maximum atomic E-state index is 12.8. The van der Waals surface area contributed by atoms with Gasteiger partial charge in [0.25, 0.3) is 5.91 Å². The quantitative estimate of drug-likeness (QED) is 0.573. The van der Waals surface area contributed by atoms with Gasteiger partial charge in [0.2, 0.25) is 0 Å². The summed E-state index contributed by atoms with van der Waals surface area (Å²) in [7, 11) is 0. The highest BCUT2D eigenvalue weighted by molar-refractivity contribution is 9.10. The lowest BCUT2D eigenvalue weighted by Crippen LogP contribution is -2.35. The van der Waals surface area contributed by atoms with Crippen LogP contribution >= 0.6 is 27.7 Å². The van der Waals surface area contributed by atoms with Gasteiger partial charge in [-0.3, -0.25) is 14.7 Å². The number of nitrogens with zero attached hydrogens (tertiary/aromatic N) is 2. The molecule has 2 aromatic rings. The first-order valence-corrected chi connectivity index (χ1v) is 10.1. The van der Waals surface area contributed by atoms with Crippen molar-refractivity contribution in [2.75, 3.05) is 0 Å². The molecule has 136 valence electrons. The minimum Gasteiger partial charge on any atom is -0.457 e. The van der Waals surface area contributed by atoms with E-state index in [1.165, 1.54) is 11.8 Å². The lowest BCUT2D eigenvalue weighted by Gasteiger charge is -2.20. The molecule has 0 radical (unpaired) electrons. The van der Waals surface area contributed by atoms with E-state index in [4.69, 9.17) is 4.42 Å². The topological polar surface area (TPSA) is 45.8 Å². The number of hydrogen-bond donors (Lipinski definition) is 0. The van der Waals surface area contributed by atoms with Crippen LogP contribution in [0.25, 0.3) is 17.4 Å². The summed E-state index contributed by atoms with van der Waals surface area (Å²) in [5, 5.41) is 0.755. The number of halogens is 1. The highest BCUT2D eigenvalue weighted by Crippen LogP contribution is 2.35. The minimum atomic E-state index is -0.0222. The van der Waals surface area contributed by atoms with Crippen molar-refractivity contribution in [3.8, 4) is 11.3 Å². The molecule has 0 spiro atoms. The van der Waals surface area contributed by atoms with Crippen LogP contribution in [-0.4, -0.2) is 28.1 Å². The number of rotatable bonds is 4. The second kappa shape index (κ2) is 7.84. The number of benzene rings is 1. The molecule has 0 bridgehead atoms. The molecule has 0 aliphatic carbocycles. The molecule has 0 unspecified atom stereocenters. The van der Waals surface area contributed by atoms with Crippen molar-refractivity contribution in [1.29, 1.82) is 0 Å². The van der Waals surface area contributed by atoms with Crippen LogP contribution in [0.5, 0.6) is 0 Å². The minimum absolute atomic E-state index is 0.0222. The molecule has 1 fully saturated rings. The molecule has 1 aliphatic heterocycles. The number of furan rings is 1. The van der Waals surface area contributed by atoms with Gasteiger partial charge in [0.1, 0.15) is 11.5 Å². The van der Waals surface area contributed by atoms with E-state index in [0.29, 0.717) is 10.7 Å². The summed E-state index contributed by atoms with van der Waals surface area (Å²) in [6.45, 7) is 8.01. The van der Waals surface area contributed by atoms with Crippen LogP contribution in [0.2, 0.25) is 0 Å². The van der Waals surface area contributed by atoms with Gasteiger partial charge in [-0.05, 0) is 63.7 Å². The Bertz CT molecular complexity index is 866. The van der Waals surface area contributed by atoms with Crippen LogP contribution in [0, 0.1) is 0 Å². The molecule has 0 N–H and O–H groups in total. The standard InChI is InChI=1S/C20H21BrN2O2S/c1-12(2)22-20-23(13(3)4)19(24)18(26-20)11-16-9-10-17(25-16)14-5-7-15(21)8-6-14/h5-13H,1-4H3/b18-11-,22-20?. The summed E-state index contributed by atoms with van der Waals surface area (Å²) in [6, 6.07) is 11.9. The number of amides is 1. The number of thioether (sulfide) groups is 1. The SMILES string of the molecule is CC(C)N=C1S/C(=C\c2ccc(-c3ccc(Br)cc3)o2)C(=O)N1C(C)C. The Morgan fingerprint density at radius 3 is 2.42 bits per heavy atom. The molecular weight excluding hydrogens is 412 g/mol. The molecular formula is C20H21BrN2O2S. The van der Waals surface area contributed by atoms with Crippen molar-refractivity contribution in [3.63, 3.8) is 0 Å². The Labute approximate surface area is 166 Å². The second-order valence-corrected chi connectivity index (χ2v) is 8.52. The van der Waals surface area contributed by atoms with E-state index in [-0.39, 0.29) is 18.0 Å². The third-order valence-corrected chi connectivity index (χ3v) is 5.28. The second-order valence-electron chi connectivity index (χ2n) is 6.59. The molecule has 1 aromatic heterocycles. The normalized spacial score (nSPS) is 18.1. The van der Waals surface area contributed by atoms with Crippen LogP contribution in [0.15, 0.2) is 55.2 Å². The smallest absolute Gasteiger partial charge is 0.267 e. The molecule has 1 saturated heterocycles. The Morgan fingerprint density at radius 1 is 1.12 bits per heavy atom. The zero-order valence-corrected chi connectivity index (χ0v) is 17.6. The summed E-state index contributed by atoms with van der Waals surface area (Å²) in [4.78, 5) is 19.7. The predicted octanol–water partition coefficient (Wildman–Crippen LogP) is 5.80. The van der Waals surface area contributed by atoms with Crippen molar-refractivity contribution >= 4 is 44.8 Å². The molecule has 0 atom stereocenters. The van der Waals surface area contributed by atoms with Crippen molar-refractivity contribution in [1.82, 2.24) is 4.90 Å². The lowest BCUT2D eigenvalue weighted by molar-refractivity contribution is -0.123. The zero-order chi connectivity index (χ0) is 18.8. The summed E-state index contributed by atoms with van der Waals surface area (Å²) < 4.78 is 6.94. The first-order chi connectivity index (χ1) is 12.3. The largest absolute Gasteiger partial charge is 0.457 e. The molecule has 3 rings (SSSR count). The maximum absolute atomic E-state index is 12.8.